The van der Waals surface area contributed by atoms with Crippen molar-refractivity contribution in [2.75, 3.05) is 0 Å². The number of nitrogens with zero attached hydrogens (tertiary/aromatic N) is 2. The first-order valence-corrected chi connectivity index (χ1v) is 9.65. The maximum Gasteiger partial charge on any atom is 0.251 e. The molecule has 1 aromatic heterocycles. The minimum Gasteiger partial charge on any atom is -0.349 e. The number of halogens is 2. The third kappa shape index (κ3) is 3.51. The molecule has 6 heteroatoms. The number of aryl methyl sites for hydroxylation is 1. The zero-order valence-corrected chi connectivity index (χ0v) is 16.0. The van der Waals surface area contributed by atoms with Gasteiger partial charge in [0.05, 0.1) is 5.52 Å². The van der Waals surface area contributed by atoms with Gasteiger partial charge in [-0.3, -0.25) is 9.48 Å². The summed E-state index contributed by atoms with van der Waals surface area (Å²) in [6.45, 7) is 2.22. The number of nitrogens with one attached hydrogen (secondary N) is 1. The smallest absolute Gasteiger partial charge is 0.251 e. The quantitative estimate of drug-likeness (QED) is 0.704. The molecule has 28 heavy (non-hydrogen) atoms. The molecule has 0 radical (unpaired) electrons. The lowest BCUT2D eigenvalue weighted by atomic mass is 9.87. The van der Waals surface area contributed by atoms with E-state index in [1.54, 1.807) is 29.9 Å². The normalized spacial score (nSPS) is 19.7. The summed E-state index contributed by atoms with van der Waals surface area (Å²) in [5, 5.41) is 7.89. The summed E-state index contributed by atoms with van der Waals surface area (Å²) >= 11 is 0. The van der Waals surface area contributed by atoms with Gasteiger partial charge in [0, 0.05) is 29.6 Å². The van der Waals surface area contributed by atoms with Crippen molar-refractivity contribution < 1.29 is 13.6 Å². The third-order valence-corrected chi connectivity index (χ3v) is 5.65. The highest BCUT2D eigenvalue weighted by Crippen LogP contribution is 2.30. The standard InChI is InChI=1S/C22H23F2N3O/c1-13-3-7-16(8-4-13)25-22(28)14-5-9-17(19(24)11-14)21-18-12-15(23)6-10-20(18)27(2)26-21/h5-6,9-13,16H,3-4,7-8H2,1-2H3,(H,25,28). The number of hydrogen-bond donors (Lipinski definition) is 1. The van der Waals surface area contributed by atoms with Gasteiger partial charge in [-0.1, -0.05) is 6.92 Å². The number of amides is 1. The van der Waals surface area contributed by atoms with E-state index >= 15 is 0 Å². The van der Waals surface area contributed by atoms with Crippen LogP contribution >= 0.6 is 0 Å². The van der Waals surface area contributed by atoms with Gasteiger partial charge in [-0.25, -0.2) is 8.78 Å². The van der Waals surface area contributed by atoms with E-state index in [0.29, 0.717) is 22.5 Å². The van der Waals surface area contributed by atoms with Gasteiger partial charge in [0.15, 0.2) is 0 Å². The maximum atomic E-state index is 14.8. The molecule has 3 aromatic rings. The molecule has 1 aliphatic carbocycles. The Kier molecular flexibility index (Phi) is 4.87. The van der Waals surface area contributed by atoms with Gasteiger partial charge in [-0.05, 0) is 68.0 Å². The molecule has 4 nitrogen and oxygen atoms in total. The average Bonchev–Trinajstić information content (AvgIpc) is 2.99. The van der Waals surface area contributed by atoms with E-state index in [1.807, 2.05) is 0 Å². The van der Waals surface area contributed by atoms with Crippen LogP contribution in [0.15, 0.2) is 36.4 Å². The Hall–Kier alpha value is -2.76. The number of rotatable bonds is 3. The highest BCUT2D eigenvalue weighted by molar-refractivity contribution is 5.97. The summed E-state index contributed by atoms with van der Waals surface area (Å²) in [5.41, 5.74) is 1.61. The second-order valence-corrected chi connectivity index (χ2v) is 7.76. The summed E-state index contributed by atoms with van der Waals surface area (Å²) in [4.78, 5) is 12.5. The number of benzene rings is 2. The summed E-state index contributed by atoms with van der Waals surface area (Å²) in [5.74, 6) is -0.515. The van der Waals surface area contributed by atoms with Crippen LogP contribution in [0.25, 0.3) is 22.2 Å². The van der Waals surface area contributed by atoms with Crippen LogP contribution in [0.1, 0.15) is 43.0 Å². The van der Waals surface area contributed by atoms with Gasteiger partial charge in [0.1, 0.15) is 17.3 Å². The van der Waals surface area contributed by atoms with Crippen LogP contribution in [-0.2, 0) is 7.05 Å². The van der Waals surface area contributed by atoms with Crippen LogP contribution < -0.4 is 5.32 Å². The van der Waals surface area contributed by atoms with Crippen molar-refractivity contribution in [1.29, 1.82) is 0 Å². The molecule has 0 spiro atoms. The predicted octanol–water partition coefficient (Wildman–Crippen LogP) is 4.83. The SMILES string of the molecule is CC1CCC(NC(=O)c2ccc(-c3nn(C)c4ccc(F)cc34)c(F)c2)CC1. The van der Waals surface area contributed by atoms with Crippen molar-refractivity contribution in [2.24, 2.45) is 13.0 Å². The predicted molar refractivity (Wildman–Crippen MR) is 105 cm³/mol. The molecule has 1 heterocycles. The Morgan fingerprint density at radius 1 is 1.11 bits per heavy atom. The Morgan fingerprint density at radius 2 is 1.86 bits per heavy atom. The first-order chi connectivity index (χ1) is 13.4. The van der Waals surface area contributed by atoms with E-state index in [9.17, 15) is 13.6 Å². The highest BCUT2D eigenvalue weighted by atomic mass is 19.1. The molecule has 1 saturated carbocycles. The topological polar surface area (TPSA) is 46.9 Å². The van der Waals surface area contributed by atoms with Crippen LogP contribution in [0.3, 0.4) is 0 Å². The van der Waals surface area contributed by atoms with Crippen molar-refractivity contribution in [1.82, 2.24) is 15.1 Å². The summed E-state index contributed by atoms with van der Waals surface area (Å²) in [6.07, 6.45) is 4.11. The van der Waals surface area contributed by atoms with Crippen LogP contribution in [-0.4, -0.2) is 21.7 Å². The average molecular weight is 383 g/mol. The molecule has 0 saturated heterocycles. The Morgan fingerprint density at radius 3 is 2.57 bits per heavy atom. The zero-order valence-electron chi connectivity index (χ0n) is 16.0. The minimum absolute atomic E-state index is 0.147. The number of aromatic nitrogens is 2. The van der Waals surface area contributed by atoms with Crippen LogP contribution in [0, 0.1) is 17.6 Å². The van der Waals surface area contributed by atoms with Gasteiger partial charge in [-0.15, -0.1) is 0 Å². The van der Waals surface area contributed by atoms with Gasteiger partial charge < -0.3 is 5.32 Å². The maximum absolute atomic E-state index is 14.8. The lowest BCUT2D eigenvalue weighted by Gasteiger charge is -2.26. The molecule has 0 bridgehead atoms. The van der Waals surface area contributed by atoms with E-state index in [4.69, 9.17) is 0 Å². The van der Waals surface area contributed by atoms with E-state index in [1.165, 1.54) is 18.2 Å². The van der Waals surface area contributed by atoms with E-state index in [2.05, 4.69) is 17.3 Å². The molecule has 1 aliphatic rings. The fourth-order valence-corrected chi connectivity index (χ4v) is 3.96. The van der Waals surface area contributed by atoms with Crippen LogP contribution in [0.5, 0.6) is 0 Å². The molecule has 1 N–H and O–H groups in total. The minimum atomic E-state index is -0.547. The summed E-state index contributed by atoms with van der Waals surface area (Å²) < 4.78 is 30.1. The number of carbonyl (C=O) groups excluding carboxylic acids is 1. The Bertz CT molecular complexity index is 1040. The van der Waals surface area contributed by atoms with Crippen molar-refractivity contribution in [2.45, 2.75) is 38.6 Å². The molecule has 146 valence electrons. The number of carbonyl (C=O) groups is 1. The largest absolute Gasteiger partial charge is 0.349 e. The van der Waals surface area contributed by atoms with Gasteiger partial charge in [0.25, 0.3) is 5.91 Å². The van der Waals surface area contributed by atoms with Gasteiger partial charge in [0.2, 0.25) is 0 Å². The highest BCUT2D eigenvalue weighted by Gasteiger charge is 2.21. The monoisotopic (exact) mass is 383 g/mol. The molecule has 1 amide bonds. The fourth-order valence-electron chi connectivity index (χ4n) is 3.96. The molecule has 0 unspecified atom stereocenters. The summed E-state index contributed by atoms with van der Waals surface area (Å²) in [7, 11) is 1.73. The molecule has 0 aliphatic heterocycles. The van der Waals surface area contributed by atoms with Crippen molar-refractivity contribution in [3.05, 3.63) is 53.6 Å². The Labute approximate surface area is 162 Å². The van der Waals surface area contributed by atoms with E-state index < -0.39 is 11.6 Å². The number of fused-ring (bicyclic) bond motifs is 1. The summed E-state index contributed by atoms with van der Waals surface area (Å²) in [6, 6.07) is 8.83. The van der Waals surface area contributed by atoms with E-state index in [0.717, 1.165) is 25.7 Å². The Balaban J connectivity index is 1.60. The lowest BCUT2D eigenvalue weighted by Crippen LogP contribution is -2.37. The lowest BCUT2D eigenvalue weighted by molar-refractivity contribution is 0.0922. The second kappa shape index (κ2) is 7.34. The molecule has 0 atom stereocenters. The van der Waals surface area contributed by atoms with Gasteiger partial charge >= 0.3 is 0 Å². The second-order valence-electron chi connectivity index (χ2n) is 7.76. The fraction of sp³-hybridized carbons (Fsp3) is 0.364. The van der Waals surface area contributed by atoms with Crippen LogP contribution in [0.2, 0.25) is 0 Å². The van der Waals surface area contributed by atoms with Crippen LogP contribution in [0.4, 0.5) is 8.78 Å². The number of hydrogen-bond acceptors (Lipinski definition) is 2. The molecule has 4 rings (SSSR count). The van der Waals surface area contributed by atoms with E-state index in [-0.39, 0.29) is 23.1 Å². The van der Waals surface area contributed by atoms with Crippen molar-refractivity contribution in [3.63, 3.8) is 0 Å². The van der Waals surface area contributed by atoms with Crippen molar-refractivity contribution >= 4 is 16.8 Å². The third-order valence-electron chi connectivity index (χ3n) is 5.65. The molecular weight excluding hydrogens is 360 g/mol. The molecule has 1 fully saturated rings. The zero-order chi connectivity index (χ0) is 19.8. The molecule has 2 aromatic carbocycles. The first kappa shape index (κ1) is 18.6. The first-order valence-electron chi connectivity index (χ1n) is 9.65. The van der Waals surface area contributed by atoms with Gasteiger partial charge in [-0.2, -0.15) is 5.10 Å². The molecular formula is C22H23F2N3O. The van der Waals surface area contributed by atoms with Crippen molar-refractivity contribution in [3.8, 4) is 11.3 Å².